The zero-order chi connectivity index (χ0) is 10.8. The quantitative estimate of drug-likeness (QED) is 0.756. The van der Waals surface area contributed by atoms with Crippen LogP contribution in [0.5, 0.6) is 0 Å². The second-order valence-corrected chi connectivity index (χ2v) is 5.26. The van der Waals surface area contributed by atoms with Gasteiger partial charge in [0.15, 0.2) is 0 Å². The summed E-state index contributed by atoms with van der Waals surface area (Å²) in [5, 5.41) is 0. The molecule has 14 heavy (non-hydrogen) atoms. The van der Waals surface area contributed by atoms with E-state index in [0.29, 0.717) is 13.0 Å². The molecule has 0 aromatic carbocycles. The summed E-state index contributed by atoms with van der Waals surface area (Å²) in [5.74, 6) is 0.206. The maximum atomic E-state index is 13.6. The van der Waals surface area contributed by atoms with E-state index in [1.165, 1.54) is 0 Å². The molecule has 0 radical (unpaired) electrons. The normalized spacial score (nSPS) is 26.8. The minimum absolute atomic E-state index is 0.178. The van der Waals surface area contributed by atoms with Crippen molar-refractivity contribution < 1.29 is 4.39 Å². The number of halogens is 1. The van der Waals surface area contributed by atoms with Gasteiger partial charge in [0.05, 0.1) is 0 Å². The van der Waals surface area contributed by atoms with Crippen LogP contribution in [0, 0.1) is 5.92 Å². The highest BCUT2D eigenvalue weighted by molar-refractivity contribution is 4.87. The van der Waals surface area contributed by atoms with Crippen LogP contribution in [0.2, 0.25) is 0 Å². The minimum atomic E-state index is -0.702. The van der Waals surface area contributed by atoms with Crippen LogP contribution in [-0.4, -0.2) is 36.2 Å². The van der Waals surface area contributed by atoms with Gasteiger partial charge in [0.2, 0.25) is 0 Å². The van der Waals surface area contributed by atoms with Crippen molar-refractivity contribution in [2.45, 2.75) is 45.3 Å². The van der Waals surface area contributed by atoms with E-state index in [2.05, 4.69) is 25.7 Å². The lowest BCUT2D eigenvalue weighted by atomic mass is 10.00. The number of rotatable bonds is 3. The Labute approximate surface area is 86.6 Å². The predicted molar refractivity (Wildman–Crippen MR) is 58.0 cm³/mol. The summed E-state index contributed by atoms with van der Waals surface area (Å²) in [7, 11) is 0. The summed E-state index contributed by atoms with van der Waals surface area (Å²) >= 11 is 0. The largest absolute Gasteiger partial charge is 0.330 e. The van der Waals surface area contributed by atoms with Crippen LogP contribution in [0.15, 0.2) is 0 Å². The molecule has 0 aliphatic carbocycles. The summed E-state index contributed by atoms with van der Waals surface area (Å²) in [6, 6.07) is 0. The number of likely N-dealkylation sites (tertiary alicyclic amines) is 1. The van der Waals surface area contributed by atoms with Gasteiger partial charge in [-0.3, -0.25) is 4.90 Å². The Morgan fingerprint density at radius 2 is 2.14 bits per heavy atom. The molecule has 1 saturated heterocycles. The first-order valence-electron chi connectivity index (χ1n) is 5.54. The number of hydrogen-bond acceptors (Lipinski definition) is 2. The second-order valence-electron chi connectivity index (χ2n) is 5.26. The molecule has 0 aromatic heterocycles. The van der Waals surface area contributed by atoms with Crippen molar-refractivity contribution in [1.82, 2.24) is 4.90 Å². The number of nitrogens with zero attached hydrogens (tertiary/aromatic N) is 1. The summed E-state index contributed by atoms with van der Waals surface area (Å²) in [6.07, 6.45) is 0.800. The lowest BCUT2D eigenvalue weighted by Crippen LogP contribution is -2.40. The van der Waals surface area contributed by atoms with Gasteiger partial charge < -0.3 is 5.73 Å². The van der Waals surface area contributed by atoms with Crippen molar-refractivity contribution in [3.8, 4) is 0 Å². The fourth-order valence-corrected chi connectivity index (χ4v) is 2.09. The Morgan fingerprint density at radius 3 is 2.57 bits per heavy atom. The van der Waals surface area contributed by atoms with Gasteiger partial charge in [0.1, 0.15) is 6.17 Å². The fraction of sp³-hybridized carbons (Fsp3) is 1.00. The first-order valence-corrected chi connectivity index (χ1v) is 5.54. The molecule has 84 valence electrons. The zero-order valence-electron chi connectivity index (χ0n) is 9.59. The monoisotopic (exact) mass is 202 g/mol. The molecule has 0 bridgehead atoms. The van der Waals surface area contributed by atoms with E-state index in [4.69, 9.17) is 5.73 Å². The highest BCUT2D eigenvalue weighted by Gasteiger charge is 2.33. The second kappa shape index (κ2) is 4.58. The molecule has 1 aliphatic rings. The molecule has 0 amide bonds. The van der Waals surface area contributed by atoms with Crippen LogP contribution in [0.3, 0.4) is 0 Å². The third kappa shape index (κ3) is 2.92. The molecule has 3 heteroatoms. The Hall–Kier alpha value is -0.150. The molecular formula is C11H23FN2. The van der Waals surface area contributed by atoms with Gasteiger partial charge in [-0.2, -0.15) is 0 Å². The van der Waals surface area contributed by atoms with Crippen molar-refractivity contribution in [3.63, 3.8) is 0 Å². The topological polar surface area (TPSA) is 29.3 Å². The van der Waals surface area contributed by atoms with E-state index in [1.807, 2.05) is 0 Å². The SMILES string of the molecule is CC(C)(C)N1CCC(C(F)CCN)C1. The average molecular weight is 202 g/mol. The van der Waals surface area contributed by atoms with Crippen LogP contribution < -0.4 is 5.73 Å². The van der Waals surface area contributed by atoms with E-state index in [0.717, 1.165) is 19.5 Å². The van der Waals surface area contributed by atoms with E-state index in [-0.39, 0.29) is 11.5 Å². The van der Waals surface area contributed by atoms with Crippen LogP contribution in [0.1, 0.15) is 33.6 Å². The van der Waals surface area contributed by atoms with Gasteiger partial charge in [0, 0.05) is 18.0 Å². The molecule has 1 rings (SSSR count). The van der Waals surface area contributed by atoms with Crippen molar-refractivity contribution in [2.75, 3.05) is 19.6 Å². The van der Waals surface area contributed by atoms with Crippen molar-refractivity contribution in [2.24, 2.45) is 11.7 Å². The number of hydrogen-bond donors (Lipinski definition) is 1. The van der Waals surface area contributed by atoms with Gasteiger partial charge in [-0.25, -0.2) is 4.39 Å². The molecule has 1 heterocycles. The van der Waals surface area contributed by atoms with Crippen LogP contribution in [0.4, 0.5) is 4.39 Å². The maximum absolute atomic E-state index is 13.6. The van der Waals surface area contributed by atoms with E-state index < -0.39 is 6.17 Å². The Kier molecular flexibility index (Phi) is 3.90. The Bertz CT molecular complexity index is 177. The van der Waals surface area contributed by atoms with Crippen molar-refractivity contribution >= 4 is 0 Å². The lowest BCUT2D eigenvalue weighted by Gasteiger charge is -2.32. The Balaban J connectivity index is 2.41. The maximum Gasteiger partial charge on any atom is 0.105 e. The molecule has 0 spiro atoms. The first kappa shape index (κ1) is 11.9. The molecular weight excluding hydrogens is 179 g/mol. The van der Waals surface area contributed by atoms with Gasteiger partial charge in [-0.1, -0.05) is 0 Å². The van der Waals surface area contributed by atoms with Crippen molar-refractivity contribution in [1.29, 1.82) is 0 Å². The summed E-state index contributed by atoms with van der Waals surface area (Å²) in [4.78, 5) is 2.36. The van der Waals surface area contributed by atoms with Crippen LogP contribution in [-0.2, 0) is 0 Å². The van der Waals surface area contributed by atoms with Gasteiger partial charge in [-0.05, 0) is 46.7 Å². The van der Waals surface area contributed by atoms with E-state index >= 15 is 0 Å². The van der Waals surface area contributed by atoms with Gasteiger partial charge >= 0.3 is 0 Å². The third-order valence-corrected chi connectivity index (χ3v) is 3.13. The summed E-state index contributed by atoms with van der Waals surface area (Å²) in [6.45, 7) is 8.94. The van der Waals surface area contributed by atoms with Crippen molar-refractivity contribution in [3.05, 3.63) is 0 Å². The van der Waals surface area contributed by atoms with E-state index in [1.54, 1.807) is 0 Å². The minimum Gasteiger partial charge on any atom is -0.330 e. The van der Waals surface area contributed by atoms with Gasteiger partial charge in [0.25, 0.3) is 0 Å². The molecule has 2 unspecified atom stereocenters. The fourth-order valence-electron chi connectivity index (χ4n) is 2.09. The molecule has 2 N–H and O–H groups in total. The Morgan fingerprint density at radius 1 is 1.50 bits per heavy atom. The average Bonchev–Trinajstić information content (AvgIpc) is 2.51. The standard InChI is InChI=1S/C11H23FN2/c1-11(2,3)14-7-5-9(8-14)10(12)4-6-13/h9-10H,4-8,13H2,1-3H3. The smallest absolute Gasteiger partial charge is 0.105 e. The molecule has 1 aliphatic heterocycles. The van der Waals surface area contributed by atoms with Gasteiger partial charge in [-0.15, -0.1) is 0 Å². The predicted octanol–water partition coefficient (Wildman–Crippen LogP) is 1.79. The summed E-state index contributed by atoms with van der Waals surface area (Å²) in [5.41, 5.74) is 5.54. The highest BCUT2D eigenvalue weighted by Crippen LogP contribution is 2.28. The lowest BCUT2D eigenvalue weighted by molar-refractivity contribution is 0.148. The molecule has 2 atom stereocenters. The third-order valence-electron chi connectivity index (χ3n) is 3.13. The molecule has 0 saturated carbocycles. The molecule has 2 nitrogen and oxygen atoms in total. The zero-order valence-corrected chi connectivity index (χ0v) is 9.59. The number of nitrogens with two attached hydrogens (primary N) is 1. The highest BCUT2D eigenvalue weighted by atomic mass is 19.1. The summed E-state index contributed by atoms with van der Waals surface area (Å²) < 4.78 is 13.6. The molecule has 0 aromatic rings. The van der Waals surface area contributed by atoms with E-state index in [9.17, 15) is 4.39 Å². The van der Waals surface area contributed by atoms with Crippen LogP contribution >= 0.6 is 0 Å². The molecule has 1 fully saturated rings. The van der Waals surface area contributed by atoms with Crippen LogP contribution in [0.25, 0.3) is 0 Å². The first-order chi connectivity index (χ1) is 6.45. The number of alkyl halides is 1.